The van der Waals surface area contributed by atoms with E-state index in [1.54, 1.807) is 31.3 Å². The molecular weight excluding hydrogens is 245 g/mol. The Labute approximate surface area is 110 Å². The number of aryl methyl sites for hydroxylation is 1. The van der Waals surface area contributed by atoms with Gasteiger partial charge in [-0.2, -0.15) is 5.10 Å². The van der Waals surface area contributed by atoms with E-state index in [1.165, 1.54) is 10.7 Å². The van der Waals surface area contributed by atoms with Gasteiger partial charge in [0.1, 0.15) is 11.5 Å². The Morgan fingerprint density at radius 2 is 2.16 bits per heavy atom. The van der Waals surface area contributed by atoms with Crippen molar-refractivity contribution in [2.24, 2.45) is 7.05 Å². The van der Waals surface area contributed by atoms with Crippen LogP contribution in [0.1, 0.15) is 23.3 Å². The van der Waals surface area contributed by atoms with Crippen LogP contribution in [-0.2, 0) is 7.05 Å². The third kappa shape index (κ3) is 2.36. The van der Waals surface area contributed by atoms with Crippen molar-refractivity contribution in [1.82, 2.24) is 15.1 Å². The van der Waals surface area contributed by atoms with Gasteiger partial charge in [-0.25, -0.2) is 4.39 Å². The molecule has 4 nitrogen and oxygen atoms in total. The molecule has 1 aromatic carbocycles. The van der Waals surface area contributed by atoms with Gasteiger partial charge in [0.15, 0.2) is 0 Å². The molecule has 5 heteroatoms. The lowest BCUT2D eigenvalue weighted by atomic mass is 10.1. The SMILES string of the molecule is Cn1nc(-c2ccccc2F)cc1C(=O)NC1CC1. The summed E-state index contributed by atoms with van der Waals surface area (Å²) in [5, 5.41) is 7.10. The second-order valence-electron chi connectivity index (χ2n) is 4.77. The van der Waals surface area contributed by atoms with Gasteiger partial charge in [0.2, 0.25) is 0 Å². The number of carbonyl (C=O) groups is 1. The van der Waals surface area contributed by atoms with E-state index in [0.29, 0.717) is 23.0 Å². The molecule has 1 aromatic heterocycles. The van der Waals surface area contributed by atoms with Crippen LogP contribution in [-0.4, -0.2) is 21.7 Å². The quantitative estimate of drug-likeness (QED) is 0.917. The molecule has 0 bridgehead atoms. The Morgan fingerprint density at radius 1 is 1.42 bits per heavy atom. The van der Waals surface area contributed by atoms with Crippen LogP contribution in [0.15, 0.2) is 30.3 Å². The van der Waals surface area contributed by atoms with E-state index < -0.39 is 0 Å². The monoisotopic (exact) mass is 259 g/mol. The van der Waals surface area contributed by atoms with Crippen molar-refractivity contribution in [2.45, 2.75) is 18.9 Å². The molecule has 2 aromatic rings. The molecule has 0 aliphatic heterocycles. The average Bonchev–Trinajstić information content (AvgIpc) is 3.10. The van der Waals surface area contributed by atoms with Gasteiger partial charge in [-0.3, -0.25) is 9.48 Å². The molecule has 1 heterocycles. The molecule has 1 saturated carbocycles. The Balaban J connectivity index is 1.92. The number of benzene rings is 1. The second kappa shape index (κ2) is 4.50. The Hall–Kier alpha value is -2.17. The molecule has 1 N–H and O–H groups in total. The van der Waals surface area contributed by atoms with Gasteiger partial charge >= 0.3 is 0 Å². The summed E-state index contributed by atoms with van der Waals surface area (Å²) >= 11 is 0. The molecule has 1 aliphatic rings. The van der Waals surface area contributed by atoms with Crippen molar-refractivity contribution in [3.05, 3.63) is 41.8 Å². The van der Waals surface area contributed by atoms with Crippen molar-refractivity contribution < 1.29 is 9.18 Å². The zero-order valence-corrected chi connectivity index (χ0v) is 10.6. The van der Waals surface area contributed by atoms with Crippen LogP contribution < -0.4 is 5.32 Å². The number of nitrogens with one attached hydrogen (secondary N) is 1. The summed E-state index contributed by atoms with van der Waals surface area (Å²) in [7, 11) is 1.69. The van der Waals surface area contributed by atoms with Gasteiger partial charge in [-0.15, -0.1) is 0 Å². The molecule has 0 spiro atoms. The predicted octanol–water partition coefficient (Wildman–Crippen LogP) is 2.12. The van der Waals surface area contributed by atoms with E-state index in [1.807, 2.05) is 0 Å². The summed E-state index contributed by atoms with van der Waals surface area (Å²) in [4.78, 5) is 12.0. The van der Waals surface area contributed by atoms with Gasteiger partial charge in [-0.1, -0.05) is 12.1 Å². The van der Waals surface area contributed by atoms with Gasteiger partial charge in [0.25, 0.3) is 5.91 Å². The van der Waals surface area contributed by atoms with Crippen LogP contribution in [0.2, 0.25) is 0 Å². The fraction of sp³-hybridized carbons (Fsp3) is 0.286. The van der Waals surface area contributed by atoms with Crippen LogP contribution in [0.25, 0.3) is 11.3 Å². The molecular formula is C14H14FN3O. The largest absolute Gasteiger partial charge is 0.348 e. The predicted molar refractivity (Wildman–Crippen MR) is 69.1 cm³/mol. The van der Waals surface area contributed by atoms with Gasteiger partial charge in [-0.05, 0) is 31.0 Å². The minimum absolute atomic E-state index is 0.153. The van der Waals surface area contributed by atoms with Gasteiger partial charge < -0.3 is 5.32 Å². The standard InChI is InChI=1S/C14H14FN3O/c1-18-13(14(19)16-9-6-7-9)8-12(17-18)10-4-2-3-5-11(10)15/h2-5,8-9H,6-7H2,1H3,(H,16,19). The Bertz CT molecular complexity index is 631. The number of nitrogens with zero attached hydrogens (tertiary/aromatic N) is 2. The lowest BCUT2D eigenvalue weighted by molar-refractivity contribution is 0.0941. The zero-order chi connectivity index (χ0) is 13.4. The maximum atomic E-state index is 13.7. The lowest BCUT2D eigenvalue weighted by Crippen LogP contribution is -2.27. The van der Waals surface area contributed by atoms with E-state index in [0.717, 1.165) is 12.8 Å². The first-order chi connectivity index (χ1) is 9.15. The third-order valence-corrected chi connectivity index (χ3v) is 3.17. The van der Waals surface area contributed by atoms with Crippen LogP contribution in [0.5, 0.6) is 0 Å². The van der Waals surface area contributed by atoms with E-state index in [2.05, 4.69) is 10.4 Å². The molecule has 0 unspecified atom stereocenters. The maximum Gasteiger partial charge on any atom is 0.269 e. The fourth-order valence-electron chi connectivity index (χ4n) is 1.97. The highest BCUT2D eigenvalue weighted by Crippen LogP contribution is 2.23. The summed E-state index contributed by atoms with van der Waals surface area (Å²) in [6.45, 7) is 0. The van der Waals surface area contributed by atoms with Crippen LogP contribution in [0.4, 0.5) is 4.39 Å². The van der Waals surface area contributed by atoms with E-state index in [-0.39, 0.29) is 11.7 Å². The molecule has 98 valence electrons. The van der Waals surface area contributed by atoms with Crippen LogP contribution in [0.3, 0.4) is 0 Å². The number of carbonyl (C=O) groups excluding carboxylic acids is 1. The smallest absolute Gasteiger partial charge is 0.269 e. The van der Waals surface area contributed by atoms with Crippen molar-refractivity contribution in [3.63, 3.8) is 0 Å². The van der Waals surface area contributed by atoms with Crippen molar-refractivity contribution in [2.75, 3.05) is 0 Å². The van der Waals surface area contributed by atoms with Crippen molar-refractivity contribution in [3.8, 4) is 11.3 Å². The normalized spacial score (nSPS) is 14.4. The Kier molecular flexibility index (Phi) is 2.81. The van der Waals surface area contributed by atoms with Crippen molar-refractivity contribution >= 4 is 5.91 Å². The highest BCUT2D eigenvalue weighted by Gasteiger charge is 2.25. The number of halogens is 1. The molecule has 0 radical (unpaired) electrons. The summed E-state index contributed by atoms with van der Waals surface area (Å²) in [5.74, 6) is -0.491. The fourth-order valence-corrected chi connectivity index (χ4v) is 1.97. The minimum atomic E-state index is -0.338. The first-order valence-corrected chi connectivity index (χ1v) is 6.25. The summed E-state index contributed by atoms with van der Waals surface area (Å²) in [6, 6.07) is 8.32. The highest BCUT2D eigenvalue weighted by atomic mass is 19.1. The molecule has 1 fully saturated rings. The minimum Gasteiger partial charge on any atom is -0.348 e. The summed E-state index contributed by atoms with van der Waals surface area (Å²) < 4.78 is 15.2. The molecule has 1 amide bonds. The maximum absolute atomic E-state index is 13.7. The number of rotatable bonds is 3. The first kappa shape index (κ1) is 11.9. The first-order valence-electron chi connectivity index (χ1n) is 6.25. The van der Waals surface area contributed by atoms with Gasteiger partial charge in [0, 0.05) is 18.7 Å². The van der Waals surface area contributed by atoms with Crippen LogP contribution in [0, 0.1) is 5.82 Å². The number of hydrogen-bond acceptors (Lipinski definition) is 2. The summed E-state index contributed by atoms with van der Waals surface area (Å²) in [6.07, 6.45) is 2.06. The van der Waals surface area contributed by atoms with Gasteiger partial charge in [0.05, 0.1) is 5.69 Å². The van der Waals surface area contributed by atoms with Crippen molar-refractivity contribution in [1.29, 1.82) is 0 Å². The number of aromatic nitrogens is 2. The second-order valence-corrected chi connectivity index (χ2v) is 4.77. The van der Waals surface area contributed by atoms with E-state index >= 15 is 0 Å². The highest BCUT2D eigenvalue weighted by molar-refractivity contribution is 5.94. The number of hydrogen-bond donors (Lipinski definition) is 1. The molecule has 1 aliphatic carbocycles. The zero-order valence-electron chi connectivity index (χ0n) is 10.6. The topological polar surface area (TPSA) is 46.9 Å². The third-order valence-electron chi connectivity index (χ3n) is 3.17. The molecule has 0 atom stereocenters. The molecule has 0 saturated heterocycles. The van der Waals surface area contributed by atoms with Crippen LogP contribution >= 0.6 is 0 Å². The molecule has 19 heavy (non-hydrogen) atoms. The summed E-state index contributed by atoms with van der Waals surface area (Å²) in [5.41, 5.74) is 1.33. The van der Waals surface area contributed by atoms with E-state index in [4.69, 9.17) is 0 Å². The Morgan fingerprint density at radius 3 is 2.84 bits per heavy atom. The average molecular weight is 259 g/mol. The molecule has 3 rings (SSSR count). The van der Waals surface area contributed by atoms with E-state index in [9.17, 15) is 9.18 Å². The number of amides is 1. The lowest BCUT2D eigenvalue weighted by Gasteiger charge is -2.01.